The number of amides is 1. The van der Waals surface area contributed by atoms with E-state index in [0.29, 0.717) is 17.6 Å². The maximum absolute atomic E-state index is 13.0. The second-order valence-electron chi connectivity index (χ2n) is 7.72. The molecule has 0 spiro atoms. The van der Waals surface area contributed by atoms with Gasteiger partial charge in [-0.15, -0.1) is 11.3 Å². The van der Waals surface area contributed by atoms with Crippen LogP contribution in [-0.2, 0) is 0 Å². The summed E-state index contributed by atoms with van der Waals surface area (Å²) in [7, 11) is 0. The summed E-state index contributed by atoms with van der Waals surface area (Å²) in [4.78, 5) is 26.2. The van der Waals surface area contributed by atoms with E-state index in [0.717, 1.165) is 52.3 Å². The molecule has 0 atom stereocenters. The number of hydrogen-bond acceptors (Lipinski definition) is 6. The van der Waals surface area contributed by atoms with Crippen molar-refractivity contribution in [3.8, 4) is 11.6 Å². The SMILES string of the molecule is Cc1nc(-c2ccco2)nc2sc(C(=O)NC3CCN(C(C)C)CC3)c(C)c12. The number of aromatic nitrogens is 2. The number of carbonyl (C=O) groups excluding carboxylic acids is 1. The number of nitrogens with zero attached hydrogens (tertiary/aromatic N) is 3. The van der Waals surface area contributed by atoms with Crippen LogP contribution in [-0.4, -0.2) is 45.9 Å². The Morgan fingerprint density at radius 3 is 2.68 bits per heavy atom. The van der Waals surface area contributed by atoms with Crippen LogP contribution in [0.4, 0.5) is 0 Å². The lowest BCUT2D eigenvalue weighted by molar-refractivity contribution is 0.0904. The molecule has 0 radical (unpaired) electrons. The van der Waals surface area contributed by atoms with Gasteiger partial charge in [-0.1, -0.05) is 0 Å². The molecule has 3 aromatic heterocycles. The summed E-state index contributed by atoms with van der Waals surface area (Å²) in [5.74, 6) is 1.20. The normalized spacial score (nSPS) is 16.2. The monoisotopic (exact) mass is 398 g/mol. The maximum Gasteiger partial charge on any atom is 0.261 e. The lowest BCUT2D eigenvalue weighted by atomic mass is 10.0. The average Bonchev–Trinajstić information content (AvgIpc) is 3.30. The fourth-order valence-electron chi connectivity index (χ4n) is 3.88. The van der Waals surface area contributed by atoms with Crippen molar-refractivity contribution in [3.05, 3.63) is 34.5 Å². The van der Waals surface area contributed by atoms with Crippen LogP contribution < -0.4 is 5.32 Å². The van der Waals surface area contributed by atoms with E-state index in [1.54, 1.807) is 6.26 Å². The van der Waals surface area contributed by atoms with Crippen molar-refractivity contribution in [2.45, 2.75) is 52.6 Å². The number of carbonyl (C=O) groups is 1. The summed E-state index contributed by atoms with van der Waals surface area (Å²) in [5, 5.41) is 4.21. The molecule has 0 bridgehead atoms. The lowest BCUT2D eigenvalue weighted by Gasteiger charge is -2.34. The minimum atomic E-state index is 0.00226. The van der Waals surface area contributed by atoms with E-state index in [4.69, 9.17) is 4.42 Å². The van der Waals surface area contributed by atoms with Crippen molar-refractivity contribution >= 4 is 27.5 Å². The number of piperidine rings is 1. The van der Waals surface area contributed by atoms with Gasteiger partial charge in [0.05, 0.1) is 16.8 Å². The molecule has 0 aromatic carbocycles. The number of fused-ring (bicyclic) bond motifs is 1. The van der Waals surface area contributed by atoms with Crippen molar-refractivity contribution in [3.63, 3.8) is 0 Å². The van der Waals surface area contributed by atoms with Crippen LogP contribution >= 0.6 is 11.3 Å². The lowest BCUT2D eigenvalue weighted by Crippen LogP contribution is -2.46. The van der Waals surface area contributed by atoms with E-state index < -0.39 is 0 Å². The van der Waals surface area contributed by atoms with Crippen LogP contribution in [0.3, 0.4) is 0 Å². The molecule has 1 aliphatic heterocycles. The third-order valence-corrected chi connectivity index (χ3v) is 6.70. The highest BCUT2D eigenvalue weighted by atomic mass is 32.1. The molecule has 6 nitrogen and oxygen atoms in total. The standard InChI is InChI=1S/C21H26N4O2S/c1-12(2)25-9-7-15(8-10-25)23-20(26)18-13(3)17-14(4)22-19(24-21(17)28-18)16-6-5-11-27-16/h5-6,11-12,15H,7-10H2,1-4H3,(H,23,26). The molecule has 3 aromatic rings. The van der Waals surface area contributed by atoms with E-state index in [-0.39, 0.29) is 11.9 Å². The second-order valence-corrected chi connectivity index (χ2v) is 8.72. The molecule has 0 saturated carbocycles. The summed E-state index contributed by atoms with van der Waals surface area (Å²) in [6.45, 7) is 10.5. The van der Waals surface area contributed by atoms with Gasteiger partial charge in [-0.2, -0.15) is 0 Å². The van der Waals surface area contributed by atoms with Crippen molar-refractivity contribution in [2.24, 2.45) is 0 Å². The van der Waals surface area contributed by atoms with Gasteiger partial charge in [-0.05, 0) is 58.2 Å². The predicted molar refractivity (Wildman–Crippen MR) is 112 cm³/mol. The molecular weight excluding hydrogens is 372 g/mol. The number of likely N-dealkylation sites (tertiary alicyclic amines) is 1. The van der Waals surface area contributed by atoms with Crippen LogP contribution in [0.25, 0.3) is 21.8 Å². The van der Waals surface area contributed by atoms with E-state index in [2.05, 4.69) is 34.0 Å². The average molecular weight is 399 g/mol. The quantitative estimate of drug-likeness (QED) is 0.714. The molecule has 4 heterocycles. The van der Waals surface area contributed by atoms with E-state index in [1.165, 1.54) is 11.3 Å². The van der Waals surface area contributed by atoms with Crippen LogP contribution in [0, 0.1) is 13.8 Å². The molecular formula is C21H26N4O2S. The van der Waals surface area contributed by atoms with E-state index >= 15 is 0 Å². The Labute approximate surface area is 169 Å². The number of hydrogen-bond donors (Lipinski definition) is 1. The third kappa shape index (κ3) is 3.56. The molecule has 28 heavy (non-hydrogen) atoms. The molecule has 7 heteroatoms. The van der Waals surface area contributed by atoms with Gasteiger partial charge in [0, 0.05) is 30.6 Å². The molecule has 1 saturated heterocycles. The van der Waals surface area contributed by atoms with Crippen LogP contribution in [0.5, 0.6) is 0 Å². The van der Waals surface area contributed by atoms with Crippen LogP contribution in [0.2, 0.25) is 0 Å². The smallest absolute Gasteiger partial charge is 0.261 e. The Bertz CT molecular complexity index is 986. The van der Waals surface area contributed by atoms with E-state index in [9.17, 15) is 4.79 Å². The Morgan fingerprint density at radius 2 is 2.04 bits per heavy atom. The van der Waals surface area contributed by atoms with Crippen LogP contribution in [0.1, 0.15) is 47.6 Å². The first-order chi connectivity index (χ1) is 13.4. The fourth-order valence-corrected chi connectivity index (χ4v) is 5.02. The van der Waals surface area contributed by atoms with Gasteiger partial charge in [0.1, 0.15) is 4.83 Å². The number of rotatable bonds is 4. The van der Waals surface area contributed by atoms with Gasteiger partial charge < -0.3 is 14.6 Å². The summed E-state index contributed by atoms with van der Waals surface area (Å²) in [6.07, 6.45) is 3.60. The Balaban J connectivity index is 1.56. The Morgan fingerprint density at radius 1 is 1.29 bits per heavy atom. The minimum absolute atomic E-state index is 0.00226. The highest BCUT2D eigenvalue weighted by Gasteiger charge is 2.25. The summed E-state index contributed by atoms with van der Waals surface area (Å²) in [5.41, 5.74) is 1.83. The molecule has 4 rings (SSSR count). The van der Waals surface area contributed by atoms with Gasteiger partial charge in [0.25, 0.3) is 5.91 Å². The van der Waals surface area contributed by atoms with Gasteiger partial charge in [0.15, 0.2) is 11.6 Å². The third-order valence-electron chi connectivity index (χ3n) is 5.51. The fraction of sp³-hybridized carbons (Fsp3) is 0.476. The van der Waals surface area contributed by atoms with E-state index in [1.807, 2.05) is 26.0 Å². The molecule has 0 aliphatic carbocycles. The zero-order valence-electron chi connectivity index (χ0n) is 16.8. The van der Waals surface area contributed by atoms with Gasteiger partial charge >= 0.3 is 0 Å². The molecule has 148 valence electrons. The van der Waals surface area contributed by atoms with Crippen molar-refractivity contribution in [1.82, 2.24) is 20.2 Å². The first kappa shape index (κ1) is 19.1. The first-order valence-corrected chi connectivity index (χ1v) is 10.6. The van der Waals surface area contributed by atoms with Crippen molar-refractivity contribution < 1.29 is 9.21 Å². The summed E-state index contributed by atoms with van der Waals surface area (Å²) in [6, 6.07) is 4.46. The van der Waals surface area contributed by atoms with Gasteiger partial charge in [-0.3, -0.25) is 4.79 Å². The molecule has 1 fully saturated rings. The Kier molecular flexibility index (Phi) is 5.21. The van der Waals surface area contributed by atoms with Crippen LogP contribution in [0.15, 0.2) is 22.8 Å². The molecule has 1 aliphatic rings. The molecule has 0 unspecified atom stereocenters. The second kappa shape index (κ2) is 7.64. The highest BCUT2D eigenvalue weighted by molar-refractivity contribution is 7.20. The predicted octanol–water partition coefficient (Wildman–Crippen LogP) is 4.17. The summed E-state index contributed by atoms with van der Waals surface area (Å²) >= 11 is 1.44. The van der Waals surface area contributed by atoms with Gasteiger partial charge in [0.2, 0.25) is 0 Å². The largest absolute Gasteiger partial charge is 0.461 e. The van der Waals surface area contributed by atoms with Crippen molar-refractivity contribution in [2.75, 3.05) is 13.1 Å². The number of nitrogens with one attached hydrogen (secondary N) is 1. The maximum atomic E-state index is 13.0. The Hall–Kier alpha value is -2.25. The number of furan rings is 1. The molecule has 1 N–H and O–H groups in total. The number of aryl methyl sites for hydroxylation is 2. The van der Waals surface area contributed by atoms with Crippen molar-refractivity contribution in [1.29, 1.82) is 0 Å². The molecule has 1 amide bonds. The minimum Gasteiger partial charge on any atom is -0.461 e. The summed E-state index contributed by atoms with van der Waals surface area (Å²) < 4.78 is 5.43. The first-order valence-electron chi connectivity index (χ1n) is 9.80. The number of thiophene rings is 1. The topological polar surface area (TPSA) is 71.3 Å². The highest BCUT2D eigenvalue weighted by Crippen LogP contribution is 2.33. The van der Waals surface area contributed by atoms with Gasteiger partial charge in [-0.25, -0.2) is 9.97 Å². The zero-order valence-corrected chi connectivity index (χ0v) is 17.6. The zero-order chi connectivity index (χ0) is 19.8.